The average Bonchev–Trinajstić information content (AvgIpc) is 2.54. The molecule has 0 unspecified atom stereocenters. The first-order valence-corrected chi connectivity index (χ1v) is 8.22. The first-order valence-electron chi connectivity index (χ1n) is 7.43. The van der Waals surface area contributed by atoms with E-state index in [1.54, 1.807) is 12.1 Å². The molecule has 0 bridgehead atoms. The van der Waals surface area contributed by atoms with E-state index in [-0.39, 0.29) is 18.0 Å². The van der Waals surface area contributed by atoms with E-state index in [9.17, 15) is 22.4 Å². The Bertz CT molecular complexity index is 797. The van der Waals surface area contributed by atoms with E-state index in [0.717, 1.165) is 28.2 Å². The number of ether oxygens (including phenoxy) is 1. The molecule has 0 aromatic heterocycles. The Morgan fingerprint density at radius 1 is 1.15 bits per heavy atom. The van der Waals surface area contributed by atoms with Crippen molar-refractivity contribution in [2.45, 2.75) is 13.1 Å². The van der Waals surface area contributed by atoms with Gasteiger partial charge in [0.05, 0.1) is 12.2 Å². The molecule has 0 fully saturated rings. The number of hydrogen-bond acceptors (Lipinski definition) is 3. The quantitative estimate of drug-likeness (QED) is 0.636. The molecule has 9 heteroatoms. The monoisotopic (exact) mass is 434 g/mol. The number of anilines is 2. The second kappa shape index (κ2) is 8.39. The van der Waals surface area contributed by atoms with Crippen LogP contribution < -0.4 is 15.4 Å². The number of carbonyl (C=O) groups excluding carboxylic acids is 1. The number of nitrogens with one attached hydrogen (secondary N) is 2. The van der Waals surface area contributed by atoms with E-state index < -0.39 is 24.5 Å². The summed E-state index contributed by atoms with van der Waals surface area (Å²) >= 11 is 3.31. The number of benzene rings is 2. The van der Waals surface area contributed by atoms with Crippen LogP contribution in [0.25, 0.3) is 0 Å². The summed E-state index contributed by atoms with van der Waals surface area (Å²) in [7, 11) is 0. The minimum Gasteiger partial charge on any atom is -0.482 e. The normalized spacial score (nSPS) is 11.2. The molecular weight excluding hydrogens is 420 g/mol. The fourth-order valence-corrected chi connectivity index (χ4v) is 2.54. The van der Waals surface area contributed by atoms with Gasteiger partial charge in [-0.25, -0.2) is 4.39 Å². The third kappa shape index (κ3) is 6.21. The van der Waals surface area contributed by atoms with Gasteiger partial charge in [-0.3, -0.25) is 4.79 Å². The maximum atomic E-state index is 13.4. The van der Waals surface area contributed by atoms with Gasteiger partial charge in [0.15, 0.2) is 6.61 Å². The number of rotatable bonds is 6. The van der Waals surface area contributed by atoms with Gasteiger partial charge in [-0.15, -0.1) is 0 Å². The Kier molecular flexibility index (Phi) is 6.47. The van der Waals surface area contributed by atoms with Crippen molar-refractivity contribution in [1.29, 1.82) is 0 Å². The van der Waals surface area contributed by atoms with E-state index in [2.05, 4.69) is 31.3 Å². The summed E-state index contributed by atoms with van der Waals surface area (Å²) in [6.45, 7) is 0.0163. The fraction of sp³-hybridized carbons (Fsp3) is 0.235. The standard InChI is InChI=1S/C17H15BrF4N2O2/c1-10-6-11(18)2-4-13(10)24-16(25)8-23-14-7-12(19)3-5-15(14)26-9-17(20,21)22/h2-7,23H,8-9H2,1H3,(H,24,25). The minimum atomic E-state index is -4.53. The lowest BCUT2D eigenvalue weighted by molar-refractivity contribution is -0.153. The van der Waals surface area contributed by atoms with Gasteiger partial charge in [0, 0.05) is 16.2 Å². The molecule has 0 aliphatic carbocycles. The number of alkyl halides is 3. The van der Waals surface area contributed by atoms with Crippen LogP contribution >= 0.6 is 15.9 Å². The van der Waals surface area contributed by atoms with Crippen LogP contribution in [0, 0.1) is 12.7 Å². The van der Waals surface area contributed by atoms with Gasteiger partial charge in [0.2, 0.25) is 5.91 Å². The van der Waals surface area contributed by atoms with Crippen LogP contribution in [0.2, 0.25) is 0 Å². The topological polar surface area (TPSA) is 50.4 Å². The Hall–Kier alpha value is -2.29. The van der Waals surface area contributed by atoms with E-state index in [1.165, 1.54) is 0 Å². The largest absolute Gasteiger partial charge is 0.482 e. The van der Waals surface area contributed by atoms with Crippen LogP contribution in [-0.2, 0) is 4.79 Å². The van der Waals surface area contributed by atoms with E-state index in [1.807, 2.05) is 13.0 Å². The molecule has 0 aliphatic heterocycles. The van der Waals surface area contributed by atoms with E-state index >= 15 is 0 Å². The molecule has 0 saturated heterocycles. The molecule has 2 rings (SSSR count). The third-order valence-electron chi connectivity index (χ3n) is 3.23. The first kappa shape index (κ1) is 20.0. The Morgan fingerprint density at radius 2 is 1.88 bits per heavy atom. The van der Waals surface area contributed by atoms with Gasteiger partial charge in [-0.2, -0.15) is 13.2 Å². The second-order valence-corrected chi connectivity index (χ2v) is 6.32. The summed E-state index contributed by atoms with van der Waals surface area (Å²) in [4.78, 5) is 12.0. The maximum absolute atomic E-state index is 13.4. The molecule has 140 valence electrons. The molecule has 26 heavy (non-hydrogen) atoms. The molecule has 1 amide bonds. The zero-order valence-electron chi connectivity index (χ0n) is 13.6. The van der Waals surface area contributed by atoms with E-state index in [4.69, 9.17) is 0 Å². The third-order valence-corrected chi connectivity index (χ3v) is 3.73. The molecule has 0 atom stereocenters. The van der Waals surface area contributed by atoms with Crippen molar-refractivity contribution in [2.24, 2.45) is 0 Å². The Labute approximate surface area is 155 Å². The van der Waals surface area contributed by atoms with Crippen LogP contribution in [0.15, 0.2) is 40.9 Å². The van der Waals surface area contributed by atoms with Crippen molar-refractivity contribution >= 4 is 33.2 Å². The highest BCUT2D eigenvalue weighted by atomic mass is 79.9. The van der Waals surface area contributed by atoms with Gasteiger partial charge in [-0.05, 0) is 42.8 Å². The molecule has 0 heterocycles. The minimum absolute atomic E-state index is 0.0445. The van der Waals surface area contributed by atoms with Crippen LogP contribution in [0.5, 0.6) is 5.75 Å². The maximum Gasteiger partial charge on any atom is 0.422 e. The van der Waals surface area contributed by atoms with Gasteiger partial charge < -0.3 is 15.4 Å². The molecule has 0 radical (unpaired) electrons. The van der Waals surface area contributed by atoms with Gasteiger partial charge in [0.1, 0.15) is 11.6 Å². The molecule has 2 N–H and O–H groups in total. The van der Waals surface area contributed by atoms with Crippen molar-refractivity contribution in [3.05, 3.63) is 52.3 Å². The van der Waals surface area contributed by atoms with Crippen molar-refractivity contribution in [1.82, 2.24) is 0 Å². The first-order chi connectivity index (χ1) is 12.1. The lowest BCUT2D eigenvalue weighted by Crippen LogP contribution is -2.23. The lowest BCUT2D eigenvalue weighted by atomic mass is 10.2. The number of halogens is 5. The number of carbonyl (C=O) groups is 1. The van der Waals surface area contributed by atoms with Crippen LogP contribution in [-0.4, -0.2) is 25.2 Å². The highest BCUT2D eigenvalue weighted by Gasteiger charge is 2.29. The SMILES string of the molecule is Cc1cc(Br)ccc1NC(=O)CNc1cc(F)ccc1OCC(F)(F)F. The molecule has 2 aromatic carbocycles. The Balaban J connectivity index is 2.01. The summed E-state index contributed by atoms with van der Waals surface area (Å²) in [5.74, 6) is -1.31. The summed E-state index contributed by atoms with van der Waals surface area (Å²) in [6, 6.07) is 8.29. The highest BCUT2D eigenvalue weighted by Crippen LogP contribution is 2.27. The van der Waals surface area contributed by atoms with Crippen molar-refractivity contribution in [3.8, 4) is 5.75 Å². The van der Waals surface area contributed by atoms with Crippen molar-refractivity contribution in [3.63, 3.8) is 0 Å². The zero-order chi connectivity index (χ0) is 19.3. The van der Waals surface area contributed by atoms with E-state index in [0.29, 0.717) is 5.69 Å². The second-order valence-electron chi connectivity index (χ2n) is 5.41. The number of hydrogen-bond donors (Lipinski definition) is 2. The van der Waals surface area contributed by atoms with Crippen LogP contribution in [0.1, 0.15) is 5.56 Å². The molecule has 0 saturated carbocycles. The molecular formula is C17H15BrF4N2O2. The number of aryl methyl sites for hydroxylation is 1. The lowest BCUT2D eigenvalue weighted by Gasteiger charge is -2.15. The summed E-state index contributed by atoms with van der Waals surface area (Å²) in [5.41, 5.74) is 1.37. The molecule has 0 aliphatic rings. The predicted octanol–water partition coefficient (Wildman–Crippen LogP) is 4.89. The fourth-order valence-electron chi connectivity index (χ4n) is 2.06. The molecule has 2 aromatic rings. The van der Waals surface area contributed by atoms with Crippen molar-refractivity contribution in [2.75, 3.05) is 23.8 Å². The van der Waals surface area contributed by atoms with Gasteiger partial charge in [-0.1, -0.05) is 15.9 Å². The van der Waals surface area contributed by atoms with Crippen molar-refractivity contribution < 1.29 is 27.1 Å². The molecule has 4 nitrogen and oxygen atoms in total. The van der Waals surface area contributed by atoms with Gasteiger partial charge >= 0.3 is 6.18 Å². The average molecular weight is 435 g/mol. The highest BCUT2D eigenvalue weighted by molar-refractivity contribution is 9.10. The predicted molar refractivity (Wildman–Crippen MR) is 93.9 cm³/mol. The van der Waals surface area contributed by atoms with Crippen LogP contribution in [0.4, 0.5) is 28.9 Å². The smallest absolute Gasteiger partial charge is 0.422 e. The summed E-state index contributed by atoms with van der Waals surface area (Å²) < 4.78 is 55.7. The summed E-state index contributed by atoms with van der Waals surface area (Å²) in [5, 5.41) is 5.25. The van der Waals surface area contributed by atoms with Crippen LogP contribution in [0.3, 0.4) is 0 Å². The zero-order valence-corrected chi connectivity index (χ0v) is 15.2. The van der Waals surface area contributed by atoms with Gasteiger partial charge in [0.25, 0.3) is 0 Å². The summed E-state index contributed by atoms with van der Waals surface area (Å²) in [6.07, 6.45) is -4.53. The number of amides is 1. The molecule has 0 spiro atoms. The Morgan fingerprint density at radius 3 is 2.54 bits per heavy atom.